The summed E-state index contributed by atoms with van der Waals surface area (Å²) in [6.07, 6.45) is 3.69. The number of nitrogens with zero attached hydrogens (tertiary/aromatic N) is 1. The molecule has 0 radical (unpaired) electrons. The maximum atomic E-state index is 3.74. The van der Waals surface area contributed by atoms with Gasteiger partial charge in [0.15, 0.2) is 0 Å². The van der Waals surface area contributed by atoms with Crippen molar-refractivity contribution in [2.45, 2.75) is 65.1 Å². The summed E-state index contributed by atoms with van der Waals surface area (Å²) in [6, 6.07) is 12.9. The lowest BCUT2D eigenvalue weighted by atomic mass is 9.95. The van der Waals surface area contributed by atoms with Crippen LogP contribution in [0.1, 0.15) is 46.1 Å². The molecule has 1 aromatic carbocycles. The van der Waals surface area contributed by atoms with E-state index in [-0.39, 0.29) is 0 Å². The normalized spacial score (nSPS) is 25.2. The van der Waals surface area contributed by atoms with Crippen LogP contribution in [0, 0.1) is 5.92 Å². The van der Waals surface area contributed by atoms with Crippen LogP contribution in [0.2, 0.25) is 0 Å². The lowest BCUT2D eigenvalue weighted by Crippen LogP contribution is -2.60. The van der Waals surface area contributed by atoms with Gasteiger partial charge in [-0.25, -0.2) is 0 Å². The molecule has 2 heteroatoms. The molecule has 0 saturated carbocycles. The molecule has 0 amide bonds. The smallest absolute Gasteiger partial charge is 0.0221 e. The summed E-state index contributed by atoms with van der Waals surface area (Å²) in [5.41, 5.74) is 1.47. The molecule has 1 aliphatic heterocycles. The molecule has 21 heavy (non-hydrogen) atoms. The molecule has 3 atom stereocenters. The lowest BCUT2D eigenvalue weighted by Gasteiger charge is -2.45. The Hall–Kier alpha value is -0.860. The van der Waals surface area contributed by atoms with Crippen LogP contribution < -0.4 is 5.32 Å². The fourth-order valence-electron chi connectivity index (χ4n) is 3.40. The van der Waals surface area contributed by atoms with Crippen molar-refractivity contribution in [1.29, 1.82) is 0 Å². The van der Waals surface area contributed by atoms with Crippen LogP contribution in [-0.2, 0) is 6.42 Å². The Bertz CT molecular complexity index is 401. The van der Waals surface area contributed by atoms with Crippen molar-refractivity contribution in [1.82, 2.24) is 10.2 Å². The Morgan fingerprint density at radius 2 is 1.90 bits per heavy atom. The van der Waals surface area contributed by atoms with Crippen LogP contribution in [0.3, 0.4) is 0 Å². The van der Waals surface area contributed by atoms with Crippen molar-refractivity contribution in [3.63, 3.8) is 0 Å². The third kappa shape index (κ3) is 4.55. The second-order valence-corrected chi connectivity index (χ2v) is 6.89. The van der Waals surface area contributed by atoms with E-state index in [2.05, 4.69) is 68.2 Å². The van der Waals surface area contributed by atoms with Crippen molar-refractivity contribution in [2.75, 3.05) is 13.1 Å². The number of benzene rings is 1. The molecule has 118 valence electrons. The largest absolute Gasteiger partial charge is 0.311 e. The highest BCUT2D eigenvalue weighted by Gasteiger charge is 2.30. The molecule has 0 bridgehead atoms. The molecular formula is C19H32N2. The topological polar surface area (TPSA) is 15.3 Å². The molecule has 0 aromatic heterocycles. The highest BCUT2D eigenvalue weighted by molar-refractivity contribution is 5.14. The Labute approximate surface area is 130 Å². The van der Waals surface area contributed by atoms with E-state index in [1.807, 2.05) is 0 Å². The van der Waals surface area contributed by atoms with Crippen LogP contribution >= 0.6 is 0 Å². The maximum absolute atomic E-state index is 3.74. The molecule has 1 N–H and O–H groups in total. The van der Waals surface area contributed by atoms with Gasteiger partial charge in [0.05, 0.1) is 0 Å². The Balaban J connectivity index is 1.92. The van der Waals surface area contributed by atoms with Gasteiger partial charge >= 0.3 is 0 Å². The van der Waals surface area contributed by atoms with Gasteiger partial charge in [0.25, 0.3) is 0 Å². The van der Waals surface area contributed by atoms with Gasteiger partial charge in [-0.1, -0.05) is 51.1 Å². The van der Waals surface area contributed by atoms with Crippen LogP contribution in [0.25, 0.3) is 0 Å². The first-order chi connectivity index (χ1) is 10.1. The summed E-state index contributed by atoms with van der Waals surface area (Å²) >= 11 is 0. The predicted octanol–water partition coefficient (Wildman–Crippen LogP) is 3.72. The molecule has 1 saturated heterocycles. The standard InChI is InChI=1S/C19H32N2/c1-5-18-13-20-19(15(2)3)14-21(18)16(4)11-12-17-9-7-6-8-10-17/h6-10,15-16,18-20H,5,11-14H2,1-4H3. The number of hydrogen-bond acceptors (Lipinski definition) is 2. The molecule has 0 spiro atoms. The highest BCUT2D eigenvalue weighted by Crippen LogP contribution is 2.20. The number of rotatable bonds is 6. The van der Waals surface area contributed by atoms with E-state index in [0.717, 1.165) is 6.54 Å². The van der Waals surface area contributed by atoms with Gasteiger partial charge < -0.3 is 5.32 Å². The summed E-state index contributed by atoms with van der Waals surface area (Å²) in [7, 11) is 0. The summed E-state index contributed by atoms with van der Waals surface area (Å²) < 4.78 is 0. The minimum absolute atomic E-state index is 0.645. The zero-order valence-corrected chi connectivity index (χ0v) is 14.2. The minimum atomic E-state index is 0.645. The fourth-order valence-corrected chi connectivity index (χ4v) is 3.40. The number of aryl methyl sites for hydroxylation is 1. The van der Waals surface area contributed by atoms with Crippen LogP contribution in [-0.4, -0.2) is 36.1 Å². The van der Waals surface area contributed by atoms with E-state index >= 15 is 0 Å². The number of hydrogen-bond donors (Lipinski definition) is 1. The monoisotopic (exact) mass is 288 g/mol. The van der Waals surface area contributed by atoms with Crippen molar-refractivity contribution >= 4 is 0 Å². The molecule has 1 aliphatic rings. The van der Waals surface area contributed by atoms with E-state index < -0.39 is 0 Å². The molecule has 1 heterocycles. The Morgan fingerprint density at radius 3 is 2.52 bits per heavy atom. The van der Waals surface area contributed by atoms with Gasteiger partial charge in [-0.05, 0) is 37.7 Å². The van der Waals surface area contributed by atoms with Crippen LogP contribution in [0.5, 0.6) is 0 Å². The summed E-state index contributed by atoms with van der Waals surface area (Å²) in [5.74, 6) is 0.714. The van der Waals surface area contributed by atoms with Gasteiger partial charge in [0.2, 0.25) is 0 Å². The highest BCUT2D eigenvalue weighted by atomic mass is 15.3. The Morgan fingerprint density at radius 1 is 1.19 bits per heavy atom. The molecule has 3 unspecified atom stereocenters. The third-order valence-corrected chi connectivity index (χ3v) is 5.03. The molecule has 0 aliphatic carbocycles. The SMILES string of the molecule is CCC1CNC(C(C)C)CN1C(C)CCc1ccccc1. The van der Waals surface area contributed by atoms with Crippen molar-refractivity contribution in [3.8, 4) is 0 Å². The van der Waals surface area contributed by atoms with Crippen LogP contribution in [0.15, 0.2) is 30.3 Å². The van der Waals surface area contributed by atoms with Crippen molar-refractivity contribution in [3.05, 3.63) is 35.9 Å². The van der Waals surface area contributed by atoms with Gasteiger partial charge in [0, 0.05) is 31.2 Å². The second kappa shape index (κ2) is 7.95. The van der Waals surface area contributed by atoms with E-state index in [0.29, 0.717) is 24.0 Å². The average Bonchev–Trinajstić information content (AvgIpc) is 2.52. The molecule has 1 aromatic rings. The van der Waals surface area contributed by atoms with Crippen LogP contribution in [0.4, 0.5) is 0 Å². The Kier molecular flexibility index (Phi) is 6.25. The quantitative estimate of drug-likeness (QED) is 0.858. The van der Waals surface area contributed by atoms with Gasteiger partial charge in [0.1, 0.15) is 0 Å². The van der Waals surface area contributed by atoms with Crippen molar-refractivity contribution < 1.29 is 0 Å². The van der Waals surface area contributed by atoms with E-state index in [4.69, 9.17) is 0 Å². The summed E-state index contributed by atoms with van der Waals surface area (Å²) in [6.45, 7) is 11.7. The lowest BCUT2D eigenvalue weighted by molar-refractivity contribution is 0.0704. The summed E-state index contributed by atoms with van der Waals surface area (Å²) in [4.78, 5) is 2.75. The number of piperazine rings is 1. The third-order valence-electron chi connectivity index (χ3n) is 5.03. The van der Waals surface area contributed by atoms with Gasteiger partial charge in [-0.15, -0.1) is 0 Å². The zero-order chi connectivity index (χ0) is 15.2. The molecule has 1 fully saturated rings. The second-order valence-electron chi connectivity index (χ2n) is 6.89. The minimum Gasteiger partial charge on any atom is -0.311 e. The predicted molar refractivity (Wildman–Crippen MR) is 91.6 cm³/mol. The molecule has 2 nitrogen and oxygen atoms in total. The number of nitrogens with one attached hydrogen (secondary N) is 1. The first-order valence-electron chi connectivity index (χ1n) is 8.64. The van der Waals surface area contributed by atoms with E-state index in [1.54, 1.807) is 0 Å². The van der Waals surface area contributed by atoms with Gasteiger partial charge in [-0.2, -0.15) is 0 Å². The van der Waals surface area contributed by atoms with Crippen molar-refractivity contribution in [2.24, 2.45) is 5.92 Å². The van der Waals surface area contributed by atoms with E-state index in [9.17, 15) is 0 Å². The molecule has 2 rings (SSSR count). The average molecular weight is 288 g/mol. The maximum Gasteiger partial charge on any atom is 0.0221 e. The zero-order valence-electron chi connectivity index (χ0n) is 14.2. The first kappa shape index (κ1) is 16.5. The fraction of sp³-hybridized carbons (Fsp3) is 0.684. The first-order valence-corrected chi connectivity index (χ1v) is 8.64. The molecular weight excluding hydrogens is 256 g/mol. The van der Waals surface area contributed by atoms with E-state index in [1.165, 1.54) is 31.4 Å². The van der Waals surface area contributed by atoms with Gasteiger partial charge in [-0.3, -0.25) is 4.90 Å². The summed E-state index contributed by atoms with van der Waals surface area (Å²) in [5, 5.41) is 3.74.